The smallest absolute Gasteiger partial charge is 0.341 e. The normalized spacial score (nSPS) is 14.9. The first-order valence-electron chi connectivity index (χ1n) is 9.69. The maximum Gasteiger partial charge on any atom is 0.341 e. The molecule has 0 bridgehead atoms. The molecule has 2 aromatic carbocycles. The zero-order valence-corrected chi connectivity index (χ0v) is 17.0. The highest BCUT2D eigenvalue weighted by Gasteiger charge is 2.25. The minimum absolute atomic E-state index is 0.0178. The summed E-state index contributed by atoms with van der Waals surface area (Å²) in [5.41, 5.74) is -1.26. The number of aromatic carboxylic acids is 1. The Bertz CT molecular complexity index is 1260. The summed E-state index contributed by atoms with van der Waals surface area (Å²) in [5, 5.41) is 9.33. The third-order valence-corrected chi connectivity index (χ3v) is 5.69. The number of carboxylic acids is 1. The van der Waals surface area contributed by atoms with E-state index in [1.54, 1.807) is 0 Å². The number of carbonyl (C=O) groups is 1. The monoisotopic (exact) mass is 431 g/mol. The average molecular weight is 431 g/mol. The summed E-state index contributed by atoms with van der Waals surface area (Å²) in [7, 11) is 1.96. The Balaban J connectivity index is 2.07. The quantitative estimate of drug-likeness (QED) is 0.690. The van der Waals surface area contributed by atoms with Gasteiger partial charge in [-0.25, -0.2) is 18.0 Å². The SMILES string of the molecule is Cc1c(F)c(N2CCN(C)CC2)cc2c1c(=O)c(C(=O)O)cn2-c1ccc(F)cc1F. The first kappa shape index (κ1) is 20.9. The van der Waals surface area contributed by atoms with Crippen LogP contribution < -0.4 is 10.3 Å². The number of halogens is 3. The second kappa shape index (κ2) is 7.73. The molecule has 1 fully saturated rings. The summed E-state index contributed by atoms with van der Waals surface area (Å²) in [6.45, 7) is 3.94. The number of aryl methyl sites for hydroxylation is 1. The predicted molar refractivity (Wildman–Crippen MR) is 111 cm³/mol. The summed E-state index contributed by atoms with van der Waals surface area (Å²) < 4.78 is 44.5. The van der Waals surface area contributed by atoms with Gasteiger partial charge >= 0.3 is 5.97 Å². The number of piperazine rings is 1. The molecule has 1 aliphatic heterocycles. The Kier molecular flexibility index (Phi) is 5.22. The van der Waals surface area contributed by atoms with Crippen LogP contribution in [0, 0.1) is 24.4 Å². The molecule has 4 rings (SSSR count). The van der Waals surface area contributed by atoms with Gasteiger partial charge in [0, 0.05) is 44.0 Å². The van der Waals surface area contributed by atoms with Crippen LogP contribution in [0.3, 0.4) is 0 Å². The molecule has 0 atom stereocenters. The van der Waals surface area contributed by atoms with Gasteiger partial charge in [-0.1, -0.05) is 0 Å². The van der Waals surface area contributed by atoms with Crippen molar-refractivity contribution in [2.75, 3.05) is 38.1 Å². The number of benzene rings is 2. The van der Waals surface area contributed by atoms with E-state index in [4.69, 9.17) is 0 Å². The molecule has 1 N–H and O–H groups in total. The highest BCUT2D eigenvalue weighted by atomic mass is 19.1. The maximum atomic E-state index is 15.3. The Morgan fingerprint density at radius 1 is 1.03 bits per heavy atom. The molecular formula is C22H20F3N3O3. The second-order valence-corrected chi connectivity index (χ2v) is 7.66. The first-order valence-corrected chi connectivity index (χ1v) is 9.69. The fourth-order valence-electron chi connectivity index (χ4n) is 3.93. The summed E-state index contributed by atoms with van der Waals surface area (Å²) in [5.74, 6) is -3.89. The molecule has 6 nitrogen and oxygen atoms in total. The fourth-order valence-corrected chi connectivity index (χ4v) is 3.93. The van der Waals surface area contributed by atoms with Crippen LogP contribution in [0.1, 0.15) is 15.9 Å². The lowest BCUT2D eigenvalue weighted by atomic mass is 10.0. The van der Waals surface area contributed by atoms with Crippen LogP contribution in [-0.4, -0.2) is 53.8 Å². The first-order chi connectivity index (χ1) is 14.7. The number of likely N-dealkylation sites (N-methyl/N-ethyl adjacent to an activating group) is 1. The van der Waals surface area contributed by atoms with Gasteiger partial charge in [-0.15, -0.1) is 0 Å². The summed E-state index contributed by atoms with van der Waals surface area (Å²) in [6.07, 6.45) is 0.994. The number of rotatable bonds is 3. The Morgan fingerprint density at radius 3 is 2.32 bits per heavy atom. The van der Waals surface area contributed by atoms with E-state index in [2.05, 4.69) is 4.90 Å². The van der Waals surface area contributed by atoms with E-state index in [1.807, 2.05) is 11.9 Å². The third kappa shape index (κ3) is 3.54. The molecule has 2 heterocycles. The van der Waals surface area contributed by atoms with E-state index in [0.717, 1.165) is 18.3 Å². The molecule has 1 aliphatic rings. The Labute approximate surface area is 175 Å². The van der Waals surface area contributed by atoms with E-state index in [0.29, 0.717) is 32.2 Å². The lowest BCUT2D eigenvalue weighted by molar-refractivity contribution is 0.0695. The molecule has 162 valence electrons. The van der Waals surface area contributed by atoms with Gasteiger partial charge in [0.2, 0.25) is 5.43 Å². The topological polar surface area (TPSA) is 65.8 Å². The average Bonchev–Trinajstić information content (AvgIpc) is 2.71. The van der Waals surface area contributed by atoms with Gasteiger partial charge in [-0.05, 0) is 32.2 Å². The Morgan fingerprint density at radius 2 is 1.71 bits per heavy atom. The van der Waals surface area contributed by atoms with Crippen molar-refractivity contribution in [3.63, 3.8) is 0 Å². The predicted octanol–water partition coefficient (Wildman–Crippen LogP) is 3.17. The minimum Gasteiger partial charge on any atom is -0.477 e. The Hall–Kier alpha value is -3.33. The lowest BCUT2D eigenvalue weighted by Gasteiger charge is -2.34. The number of carboxylic acid groups (broad SMARTS) is 1. The number of pyridine rings is 1. The third-order valence-electron chi connectivity index (χ3n) is 5.69. The van der Waals surface area contributed by atoms with E-state index in [1.165, 1.54) is 17.6 Å². The van der Waals surface area contributed by atoms with Crippen molar-refractivity contribution in [2.45, 2.75) is 6.92 Å². The molecule has 0 radical (unpaired) electrons. The van der Waals surface area contributed by atoms with Gasteiger partial charge in [0.25, 0.3) is 0 Å². The molecule has 0 unspecified atom stereocenters. The zero-order valence-electron chi connectivity index (χ0n) is 17.0. The maximum absolute atomic E-state index is 15.3. The largest absolute Gasteiger partial charge is 0.477 e. The number of hydrogen-bond donors (Lipinski definition) is 1. The number of anilines is 1. The highest BCUT2D eigenvalue weighted by Crippen LogP contribution is 2.31. The van der Waals surface area contributed by atoms with Crippen LogP contribution in [-0.2, 0) is 0 Å². The molecule has 1 aromatic heterocycles. The zero-order chi connectivity index (χ0) is 22.4. The molecule has 0 spiro atoms. The summed E-state index contributed by atoms with van der Waals surface area (Å²) >= 11 is 0. The van der Waals surface area contributed by atoms with E-state index >= 15 is 4.39 Å². The molecule has 31 heavy (non-hydrogen) atoms. The summed E-state index contributed by atoms with van der Waals surface area (Å²) in [4.78, 5) is 28.5. The van der Waals surface area contributed by atoms with Crippen LogP contribution in [0.25, 0.3) is 16.6 Å². The van der Waals surface area contributed by atoms with Gasteiger partial charge in [-0.2, -0.15) is 0 Å². The second-order valence-electron chi connectivity index (χ2n) is 7.66. The summed E-state index contributed by atoms with van der Waals surface area (Å²) in [6, 6.07) is 4.27. The number of hydrogen-bond acceptors (Lipinski definition) is 4. The highest BCUT2D eigenvalue weighted by molar-refractivity contribution is 5.95. The van der Waals surface area contributed by atoms with E-state index in [-0.39, 0.29) is 27.8 Å². The molecule has 9 heteroatoms. The van der Waals surface area contributed by atoms with Gasteiger partial charge < -0.3 is 19.5 Å². The molecule has 3 aromatic rings. The molecule has 1 saturated heterocycles. The van der Waals surface area contributed by atoms with Crippen LogP contribution in [0.5, 0.6) is 0 Å². The lowest BCUT2D eigenvalue weighted by Crippen LogP contribution is -2.45. The van der Waals surface area contributed by atoms with Crippen molar-refractivity contribution in [2.24, 2.45) is 0 Å². The van der Waals surface area contributed by atoms with Crippen molar-refractivity contribution >= 4 is 22.6 Å². The van der Waals surface area contributed by atoms with Gasteiger partial charge in [0.1, 0.15) is 23.0 Å². The van der Waals surface area contributed by atoms with Crippen molar-refractivity contribution in [3.05, 3.63) is 69.3 Å². The van der Waals surface area contributed by atoms with Crippen LogP contribution in [0.15, 0.2) is 35.3 Å². The number of fused-ring (bicyclic) bond motifs is 1. The van der Waals surface area contributed by atoms with E-state index < -0.39 is 34.4 Å². The molecule has 0 saturated carbocycles. The van der Waals surface area contributed by atoms with Crippen LogP contribution in [0.2, 0.25) is 0 Å². The molecule has 0 amide bonds. The van der Waals surface area contributed by atoms with Crippen LogP contribution >= 0.6 is 0 Å². The van der Waals surface area contributed by atoms with Gasteiger partial charge in [0.15, 0.2) is 0 Å². The van der Waals surface area contributed by atoms with Gasteiger partial charge in [0.05, 0.1) is 22.3 Å². The van der Waals surface area contributed by atoms with Crippen molar-refractivity contribution in [1.29, 1.82) is 0 Å². The van der Waals surface area contributed by atoms with Crippen molar-refractivity contribution in [3.8, 4) is 5.69 Å². The van der Waals surface area contributed by atoms with Crippen LogP contribution in [0.4, 0.5) is 18.9 Å². The van der Waals surface area contributed by atoms with Gasteiger partial charge in [-0.3, -0.25) is 4.79 Å². The number of aromatic nitrogens is 1. The standard InChI is InChI=1S/C22H20F3N3O3/c1-12-19-17(10-18(20(12)25)27-7-5-26(2)6-8-27)28(11-14(21(19)29)22(30)31)16-4-3-13(23)9-15(16)24/h3-4,9-11H,5-8H2,1-2H3,(H,30,31). The fraction of sp³-hybridized carbons (Fsp3) is 0.273. The number of nitrogens with zero attached hydrogens (tertiary/aromatic N) is 3. The van der Waals surface area contributed by atoms with Crippen molar-refractivity contribution in [1.82, 2.24) is 9.47 Å². The van der Waals surface area contributed by atoms with Crippen molar-refractivity contribution < 1.29 is 23.1 Å². The molecule has 0 aliphatic carbocycles. The molecular weight excluding hydrogens is 411 g/mol. The van der Waals surface area contributed by atoms with E-state index in [9.17, 15) is 23.5 Å². The minimum atomic E-state index is -1.52.